The standard InChI is InChI=1S/C21H23N3O/c25-20(13-15-7-3-1-4-8-15)22-17-11-12-18-19(14-17)24-21(23-18)16-9-5-2-6-10-16/h2,5-6,9-12,14-15H,1,3-4,7-8,13H2,(H,22,25)(H,23,24). The van der Waals surface area contributed by atoms with Crippen LogP contribution in [0.1, 0.15) is 38.5 Å². The van der Waals surface area contributed by atoms with E-state index in [0.29, 0.717) is 12.3 Å². The van der Waals surface area contributed by atoms with Gasteiger partial charge in [0.05, 0.1) is 11.0 Å². The van der Waals surface area contributed by atoms with Gasteiger partial charge in [-0.25, -0.2) is 4.98 Å². The van der Waals surface area contributed by atoms with E-state index in [0.717, 1.165) is 28.1 Å². The van der Waals surface area contributed by atoms with Crippen LogP contribution in [-0.4, -0.2) is 15.9 Å². The Kier molecular flexibility index (Phi) is 4.51. The predicted octanol–water partition coefficient (Wildman–Crippen LogP) is 5.14. The van der Waals surface area contributed by atoms with Gasteiger partial charge in [-0.1, -0.05) is 49.6 Å². The van der Waals surface area contributed by atoms with Gasteiger partial charge in [-0.3, -0.25) is 4.79 Å². The molecule has 1 aliphatic rings. The molecule has 0 aliphatic heterocycles. The molecule has 0 saturated heterocycles. The largest absolute Gasteiger partial charge is 0.338 e. The van der Waals surface area contributed by atoms with Crippen molar-refractivity contribution in [1.82, 2.24) is 9.97 Å². The van der Waals surface area contributed by atoms with Gasteiger partial charge in [-0.15, -0.1) is 0 Å². The van der Waals surface area contributed by atoms with Crippen LogP contribution in [0.5, 0.6) is 0 Å². The predicted molar refractivity (Wildman–Crippen MR) is 101 cm³/mol. The second-order valence-electron chi connectivity index (χ2n) is 6.94. The summed E-state index contributed by atoms with van der Waals surface area (Å²) in [5.74, 6) is 1.51. The molecule has 1 amide bonds. The van der Waals surface area contributed by atoms with E-state index in [9.17, 15) is 4.79 Å². The first-order valence-electron chi connectivity index (χ1n) is 9.13. The lowest BCUT2D eigenvalue weighted by atomic mass is 9.87. The zero-order chi connectivity index (χ0) is 17.1. The van der Waals surface area contributed by atoms with E-state index in [1.165, 1.54) is 32.1 Å². The van der Waals surface area contributed by atoms with Crippen molar-refractivity contribution in [2.24, 2.45) is 5.92 Å². The molecular weight excluding hydrogens is 310 g/mol. The number of carbonyl (C=O) groups excluding carboxylic acids is 1. The van der Waals surface area contributed by atoms with Crippen LogP contribution in [0.4, 0.5) is 5.69 Å². The quantitative estimate of drug-likeness (QED) is 0.694. The number of hydrogen-bond acceptors (Lipinski definition) is 2. The molecule has 1 heterocycles. The lowest BCUT2D eigenvalue weighted by molar-refractivity contribution is -0.117. The fourth-order valence-corrected chi connectivity index (χ4v) is 3.68. The van der Waals surface area contributed by atoms with Crippen LogP contribution < -0.4 is 5.32 Å². The summed E-state index contributed by atoms with van der Waals surface area (Å²) < 4.78 is 0. The fraction of sp³-hybridized carbons (Fsp3) is 0.333. The number of aromatic nitrogens is 2. The maximum Gasteiger partial charge on any atom is 0.224 e. The van der Waals surface area contributed by atoms with Crippen molar-refractivity contribution in [3.8, 4) is 11.4 Å². The summed E-state index contributed by atoms with van der Waals surface area (Å²) in [6.07, 6.45) is 6.85. The Bertz CT molecular complexity index is 863. The molecule has 1 aromatic heterocycles. The van der Waals surface area contributed by atoms with Gasteiger partial charge in [0.25, 0.3) is 0 Å². The fourth-order valence-electron chi connectivity index (χ4n) is 3.68. The van der Waals surface area contributed by atoms with E-state index in [1.54, 1.807) is 0 Å². The van der Waals surface area contributed by atoms with E-state index in [4.69, 9.17) is 0 Å². The van der Waals surface area contributed by atoms with Crippen molar-refractivity contribution in [2.45, 2.75) is 38.5 Å². The lowest BCUT2D eigenvalue weighted by Crippen LogP contribution is -2.18. The highest BCUT2D eigenvalue weighted by molar-refractivity contribution is 5.93. The van der Waals surface area contributed by atoms with Gasteiger partial charge in [0.1, 0.15) is 5.82 Å². The summed E-state index contributed by atoms with van der Waals surface area (Å²) in [4.78, 5) is 20.3. The number of nitrogens with one attached hydrogen (secondary N) is 2. The summed E-state index contributed by atoms with van der Waals surface area (Å²) in [6.45, 7) is 0. The molecule has 1 saturated carbocycles. The smallest absolute Gasteiger partial charge is 0.224 e. The van der Waals surface area contributed by atoms with E-state index in [-0.39, 0.29) is 5.91 Å². The number of hydrogen-bond donors (Lipinski definition) is 2. The molecule has 2 aromatic carbocycles. The third-order valence-corrected chi connectivity index (χ3v) is 5.01. The van der Waals surface area contributed by atoms with Crippen molar-refractivity contribution in [1.29, 1.82) is 0 Å². The number of nitrogens with zero attached hydrogens (tertiary/aromatic N) is 1. The molecule has 4 nitrogen and oxygen atoms in total. The highest BCUT2D eigenvalue weighted by Gasteiger charge is 2.17. The van der Waals surface area contributed by atoms with E-state index in [1.807, 2.05) is 48.5 Å². The number of aromatic amines is 1. The summed E-state index contributed by atoms with van der Waals surface area (Å²) in [6, 6.07) is 15.9. The number of anilines is 1. The third kappa shape index (κ3) is 3.73. The Morgan fingerprint density at radius 1 is 1.08 bits per heavy atom. The zero-order valence-corrected chi connectivity index (χ0v) is 14.3. The number of rotatable bonds is 4. The van der Waals surface area contributed by atoms with E-state index < -0.39 is 0 Å². The summed E-state index contributed by atoms with van der Waals surface area (Å²) >= 11 is 0. The minimum Gasteiger partial charge on any atom is -0.338 e. The van der Waals surface area contributed by atoms with Crippen LogP contribution in [0.25, 0.3) is 22.4 Å². The van der Waals surface area contributed by atoms with Crippen molar-refractivity contribution in [3.05, 3.63) is 48.5 Å². The first kappa shape index (κ1) is 15.9. The minimum absolute atomic E-state index is 0.116. The summed E-state index contributed by atoms with van der Waals surface area (Å²) in [7, 11) is 0. The van der Waals surface area contributed by atoms with Gasteiger partial charge in [0, 0.05) is 17.7 Å². The Labute approximate surface area is 147 Å². The topological polar surface area (TPSA) is 57.8 Å². The van der Waals surface area contributed by atoms with Gasteiger partial charge in [-0.05, 0) is 37.0 Å². The maximum absolute atomic E-state index is 12.3. The number of H-pyrrole nitrogens is 1. The number of amides is 1. The van der Waals surface area contributed by atoms with Crippen LogP contribution in [0, 0.1) is 5.92 Å². The van der Waals surface area contributed by atoms with Gasteiger partial charge < -0.3 is 10.3 Å². The number of carbonyl (C=O) groups is 1. The van der Waals surface area contributed by atoms with Gasteiger partial charge in [-0.2, -0.15) is 0 Å². The molecule has 0 radical (unpaired) electrons. The van der Waals surface area contributed by atoms with Crippen LogP contribution >= 0.6 is 0 Å². The molecule has 3 aromatic rings. The second kappa shape index (κ2) is 7.09. The summed E-state index contributed by atoms with van der Waals surface area (Å²) in [5.41, 5.74) is 3.72. The Hall–Kier alpha value is -2.62. The first-order valence-corrected chi connectivity index (χ1v) is 9.13. The normalized spacial score (nSPS) is 15.4. The van der Waals surface area contributed by atoms with Gasteiger partial charge >= 0.3 is 0 Å². The highest BCUT2D eigenvalue weighted by atomic mass is 16.1. The molecule has 0 spiro atoms. The van der Waals surface area contributed by atoms with Crippen molar-refractivity contribution in [3.63, 3.8) is 0 Å². The Morgan fingerprint density at radius 3 is 2.68 bits per heavy atom. The van der Waals surface area contributed by atoms with E-state index >= 15 is 0 Å². The highest BCUT2D eigenvalue weighted by Crippen LogP contribution is 2.27. The molecule has 1 fully saturated rings. The van der Waals surface area contributed by atoms with Crippen molar-refractivity contribution >= 4 is 22.6 Å². The number of imidazole rings is 1. The average Bonchev–Trinajstić information content (AvgIpc) is 3.06. The second-order valence-corrected chi connectivity index (χ2v) is 6.94. The molecule has 4 rings (SSSR count). The molecule has 25 heavy (non-hydrogen) atoms. The van der Waals surface area contributed by atoms with Crippen LogP contribution in [0.3, 0.4) is 0 Å². The molecule has 4 heteroatoms. The summed E-state index contributed by atoms with van der Waals surface area (Å²) in [5, 5.41) is 3.04. The van der Waals surface area contributed by atoms with Crippen molar-refractivity contribution in [2.75, 3.05) is 5.32 Å². The van der Waals surface area contributed by atoms with Crippen molar-refractivity contribution < 1.29 is 4.79 Å². The maximum atomic E-state index is 12.3. The Morgan fingerprint density at radius 2 is 1.88 bits per heavy atom. The lowest BCUT2D eigenvalue weighted by Gasteiger charge is -2.20. The molecule has 1 aliphatic carbocycles. The molecular formula is C21H23N3O. The number of benzene rings is 2. The minimum atomic E-state index is 0.116. The molecule has 2 N–H and O–H groups in total. The van der Waals surface area contributed by atoms with Crippen LogP contribution in [-0.2, 0) is 4.79 Å². The van der Waals surface area contributed by atoms with Crippen LogP contribution in [0.2, 0.25) is 0 Å². The molecule has 128 valence electrons. The number of fused-ring (bicyclic) bond motifs is 1. The first-order chi connectivity index (χ1) is 12.3. The molecule has 0 bridgehead atoms. The Balaban J connectivity index is 1.48. The molecule has 0 atom stereocenters. The monoisotopic (exact) mass is 333 g/mol. The third-order valence-electron chi connectivity index (χ3n) is 5.01. The van der Waals surface area contributed by atoms with E-state index in [2.05, 4.69) is 15.3 Å². The van der Waals surface area contributed by atoms with Gasteiger partial charge in [0.15, 0.2) is 0 Å². The van der Waals surface area contributed by atoms with Crippen LogP contribution in [0.15, 0.2) is 48.5 Å². The van der Waals surface area contributed by atoms with Gasteiger partial charge in [0.2, 0.25) is 5.91 Å². The zero-order valence-electron chi connectivity index (χ0n) is 14.3. The SMILES string of the molecule is O=C(CC1CCCCC1)Nc1ccc2[nH]c(-c3ccccc3)nc2c1. The average molecular weight is 333 g/mol. The molecule has 0 unspecified atom stereocenters.